The van der Waals surface area contributed by atoms with Crippen molar-refractivity contribution in [2.24, 2.45) is 0 Å². The Morgan fingerprint density at radius 1 is 1.40 bits per heavy atom. The molecule has 85 valence electrons. The van der Waals surface area contributed by atoms with Crippen LogP contribution in [0, 0.1) is 0 Å². The summed E-state index contributed by atoms with van der Waals surface area (Å²) < 4.78 is 4.81. The first-order valence-electron chi connectivity index (χ1n) is 5.58. The van der Waals surface area contributed by atoms with Crippen LogP contribution in [0.3, 0.4) is 0 Å². The lowest BCUT2D eigenvalue weighted by molar-refractivity contribution is -0.144. The van der Waals surface area contributed by atoms with E-state index < -0.39 is 0 Å². The van der Waals surface area contributed by atoms with Crippen LogP contribution in [-0.4, -0.2) is 36.5 Å². The van der Waals surface area contributed by atoms with E-state index in [2.05, 4.69) is 0 Å². The zero-order valence-corrected chi connectivity index (χ0v) is 9.20. The van der Waals surface area contributed by atoms with Gasteiger partial charge in [0.1, 0.15) is 6.54 Å². The number of carbonyl (C=O) groups excluding carboxylic acids is 2. The summed E-state index contributed by atoms with van der Waals surface area (Å²) in [4.78, 5) is 23.4. The van der Waals surface area contributed by atoms with Gasteiger partial charge in [-0.15, -0.1) is 0 Å². The van der Waals surface area contributed by atoms with Crippen LogP contribution in [-0.2, 0) is 14.3 Å². The van der Waals surface area contributed by atoms with Crippen LogP contribution in [0.15, 0.2) is 0 Å². The van der Waals surface area contributed by atoms with Crippen LogP contribution in [0.5, 0.6) is 0 Å². The number of rotatable bonds is 5. The molecule has 15 heavy (non-hydrogen) atoms. The Bertz CT molecular complexity index is 212. The van der Waals surface area contributed by atoms with E-state index in [9.17, 15) is 9.59 Å². The summed E-state index contributed by atoms with van der Waals surface area (Å²) in [5.74, 6) is -0.341. The second kappa shape index (κ2) is 6.43. The highest BCUT2D eigenvalue weighted by atomic mass is 16.5. The molecule has 0 unspecified atom stereocenters. The molecule has 1 radical (unpaired) electrons. The summed E-state index contributed by atoms with van der Waals surface area (Å²) in [6.07, 6.45) is 7.29. The summed E-state index contributed by atoms with van der Waals surface area (Å²) in [7, 11) is 0. The molecular formula is C11H18NO3. The summed E-state index contributed by atoms with van der Waals surface area (Å²) in [5.41, 5.74) is 0. The predicted molar refractivity (Wildman–Crippen MR) is 55.9 cm³/mol. The minimum atomic E-state index is -0.341. The second-order valence-electron chi connectivity index (χ2n) is 3.82. The highest BCUT2D eigenvalue weighted by Crippen LogP contribution is 2.21. The molecule has 1 saturated carbocycles. The maximum absolute atomic E-state index is 11.2. The molecule has 0 aliphatic heterocycles. The fourth-order valence-electron chi connectivity index (χ4n) is 1.97. The van der Waals surface area contributed by atoms with Crippen molar-refractivity contribution in [2.45, 2.75) is 45.1 Å². The molecular weight excluding hydrogens is 194 g/mol. The predicted octanol–water partition coefficient (Wildman–Crippen LogP) is 1.25. The van der Waals surface area contributed by atoms with Crippen LogP contribution in [0.2, 0.25) is 0 Å². The zero-order valence-electron chi connectivity index (χ0n) is 9.20. The fraction of sp³-hybridized carbons (Fsp3) is 0.818. The lowest BCUT2D eigenvalue weighted by Gasteiger charge is -2.29. The molecule has 4 heteroatoms. The molecule has 1 aliphatic carbocycles. The first-order valence-corrected chi connectivity index (χ1v) is 5.58. The summed E-state index contributed by atoms with van der Waals surface area (Å²) >= 11 is 0. The average molecular weight is 212 g/mol. The van der Waals surface area contributed by atoms with Crippen molar-refractivity contribution in [3.63, 3.8) is 0 Å². The molecule has 0 aromatic rings. The van der Waals surface area contributed by atoms with Gasteiger partial charge in [-0.1, -0.05) is 19.3 Å². The third-order valence-corrected chi connectivity index (χ3v) is 2.74. The SMILES string of the molecule is CCOC(=O)CN([C]=O)C1CCCCC1. The molecule has 0 N–H and O–H groups in total. The van der Waals surface area contributed by atoms with Crippen molar-refractivity contribution in [2.75, 3.05) is 13.2 Å². The number of nitrogens with zero attached hydrogens (tertiary/aromatic N) is 1. The fourth-order valence-corrected chi connectivity index (χ4v) is 1.97. The number of ether oxygens (including phenoxy) is 1. The maximum Gasteiger partial charge on any atom is 0.325 e. The van der Waals surface area contributed by atoms with Crippen molar-refractivity contribution >= 4 is 12.4 Å². The number of carbonyl (C=O) groups is 1. The van der Waals surface area contributed by atoms with Gasteiger partial charge in [0.2, 0.25) is 0 Å². The third kappa shape index (κ3) is 3.90. The van der Waals surface area contributed by atoms with Crippen molar-refractivity contribution in [1.29, 1.82) is 0 Å². The molecule has 1 fully saturated rings. The summed E-state index contributed by atoms with van der Waals surface area (Å²) in [6.45, 7) is 2.16. The Kier molecular flexibility index (Phi) is 5.15. The van der Waals surface area contributed by atoms with Gasteiger partial charge in [-0.25, -0.2) is 0 Å². The normalized spacial score (nSPS) is 17.1. The van der Waals surface area contributed by atoms with Gasteiger partial charge in [-0.3, -0.25) is 9.59 Å². The molecule has 1 aliphatic rings. The standard InChI is InChI=1S/C11H18NO3/c1-2-15-11(14)8-12(9-13)10-6-4-3-5-7-10/h10H,2-8H2,1H3. The van der Waals surface area contributed by atoms with Crippen LogP contribution in [0.4, 0.5) is 0 Å². The quantitative estimate of drug-likeness (QED) is 0.509. The number of hydrogen-bond donors (Lipinski definition) is 0. The maximum atomic E-state index is 11.2. The first-order chi connectivity index (χ1) is 7.27. The molecule has 0 bridgehead atoms. The minimum absolute atomic E-state index is 0.0437. The van der Waals surface area contributed by atoms with Gasteiger partial charge in [0.05, 0.1) is 6.61 Å². The Labute approximate surface area is 90.6 Å². The van der Waals surface area contributed by atoms with Crippen LogP contribution in [0.1, 0.15) is 39.0 Å². The van der Waals surface area contributed by atoms with Crippen molar-refractivity contribution in [3.8, 4) is 0 Å². The Morgan fingerprint density at radius 2 is 2.07 bits per heavy atom. The second-order valence-corrected chi connectivity index (χ2v) is 3.82. The van der Waals surface area contributed by atoms with Crippen LogP contribution >= 0.6 is 0 Å². The van der Waals surface area contributed by atoms with Gasteiger partial charge in [-0.05, 0) is 19.8 Å². The molecule has 4 nitrogen and oxygen atoms in total. The average Bonchev–Trinajstić information content (AvgIpc) is 2.27. The van der Waals surface area contributed by atoms with E-state index in [-0.39, 0.29) is 18.6 Å². The molecule has 0 spiro atoms. The van der Waals surface area contributed by atoms with Crippen molar-refractivity contribution in [1.82, 2.24) is 4.90 Å². The Hall–Kier alpha value is -1.06. The molecule has 0 aromatic carbocycles. The topological polar surface area (TPSA) is 46.6 Å². The van der Waals surface area contributed by atoms with E-state index in [0.717, 1.165) is 25.7 Å². The van der Waals surface area contributed by atoms with Gasteiger partial charge in [0, 0.05) is 6.04 Å². The van der Waals surface area contributed by atoms with Crippen LogP contribution in [0.25, 0.3) is 0 Å². The Morgan fingerprint density at radius 3 is 2.60 bits per heavy atom. The van der Waals surface area contributed by atoms with Crippen molar-refractivity contribution < 1.29 is 14.3 Å². The Balaban J connectivity index is 2.39. The van der Waals surface area contributed by atoms with Crippen molar-refractivity contribution in [3.05, 3.63) is 0 Å². The van der Waals surface area contributed by atoms with Gasteiger partial charge >= 0.3 is 12.4 Å². The van der Waals surface area contributed by atoms with Gasteiger partial charge in [0.15, 0.2) is 0 Å². The monoisotopic (exact) mass is 212 g/mol. The van der Waals surface area contributed by atoms with E-state index in [1.165, 1.54) is 11.3 Å². The highest BCUT2D eigenvalue weighted by molar-refractivity contribution is 5.74. The summed E-state index contributed by atoms with van der Waals surface area (Å²) in [5, 5.41) is 0. The van der Waals surface area contributed by atoms with E-state index in [0.29, 0.717) is 6.61 Å². The van der Waals surface area contributed by atoms with Gasteiger partial charge in [0.25, 0.3) is 0 Å². The minimum Gasteiger partial charge on any atom is -0.465 e. The van der Waals surface area contributed by atoms with E-state index in [4.69, 9.17) is 4.74 Å². The first kappa shape index (κ1) is 12.0. The number of amides is 1. The molecule has 0 saturated heterocycles. The highest BCUT2D eigenvalue weighted by Gasteiger charge is 2.22. The third-order valence-electron chi connectivity index (χ3n) is 2.74. The largest absolute Gasteiger partial charge is 0.465 e. The molecule has 1 amide bonds. The van der Waals surface area contributed by atoms with E-state index in [1.807, 2.05) is 6.41 Å². The molecule has 1 rings (SSSR count). The number of hydrogen-bond acceptors (Lipinski definition) is 3. The van der Waals surface area contributed by atoms with E-state index in [1.54, 1.807) is 6.92 Å². The zero-order chi connectivity index (χ0) is 11.1. The lowest BCUT2D eigenvalue weighted by Crippen LogP contribution is -2.39. The summed E-state index contributed by atoms with van der Waals surface area (Å²) in [6, 6.07) is 0.181. The molecule has 0 aromatic heterocycles. The van der Waals surface area contributed by atoms with Crippen LogP contribution < -0.4 is 0 Å². The lowest BCUT2D eigenvalue weighted by atomic mass is 9.94. The molecule has 0 atom stereocenters. The number of esters is 1. The molecule has 0 heterocycles. The van der Waals surface area contributed by atoms with Gasteiger partial charge < -0.3 is 9.64 Å². The van der Waals surface area contributed by atoms with E-state index >= 15 is 0 Å². The van der Waals surface area contributed by atoms with Gasteiger partial charge in [-0.2, -0.15) is 0 Å². The smallest absolute Gasteiger partial charge is 0.325 e.